The van der Waals surface area contributed by atoms with Crippen molar-refractivity contribution in [1.29, 1.82) is 0 Å². The van der Waals surface area contributed by atoms with Crippen LogP contribution in [0.4, 0.5) is 5.69 Å². The zero-order chi connectivity index (χ0) is 17.0. The molecule has 0 fully saturated rings. The quantitative estimate of drug-likeness (QED) is 0.650. The van der Waals surface area contributed by atoms with Crippen LogP contribution < -0.4 is 14.2 Å². The first-order valence-corrected chi connectivity index (χ1v) is 6.74. The monoisotopic (exact) mass is 319 g/mol. The van der Waals surface area contributed by atoms with Gasteiger partial charge in [0, 0.05) is 6.07 Å². The Morgan fingerprint density at radius 2 is 1.61 bits per heavy atom. The maximum Gasteiger partial charge on any atom is 0.275 e. The molecule has 7 nitrogen and oxygen atoms in total. The number of nitro groups is 1. The van der Waals surface area contributed by atoms with E-state index >= 15 is 0 Å². The smallest absolute Gasteiger partial charge is 0.275 e. The summed E-state index contributed by atoms with van der Waals surface area (Å²) in [6, 6.07) is 9.14. The number of hydrogen-bond acceptors (Lipinski definition) is 6. The minimum absolute atomic E-state index is 0.159. The molecule has 23 heavy (non-hydrogen) atoms. The Bertz CT molecular complexity index is 690. The fraction of sp³-hybridized carbons (Fsp3) is 0.250. The lowest BCUT2D eigenvalue weighted by atomic mass is 9.99. The van der Waals surface area contributed by atoms with Crippen molar-refractivity contribution in [2.24, 2.45) is 0 Å². The van der Waals surface area contributed by atoms with Gasteiger partial charge >= 0.3 is 0 Å². The van der Waals surface area contributed by atoms with Gasteiger partial charge in [0.1, 0.15) is 6.10 Å². The van der Waals surface area contributed by atoms with Crippen LogP contribution in [0, 0.1) is 10.1 Å². The average molecular weight is 319 g/mol. The molecule has 7 heteroatoms. The van der Waals surface area contributed by atoms with Crippen LogP contribution in [0.3, 0.4) is 0 Å². The number of aliphatic hydroxyl groups is 1. The third-order valence-corrected chi connectivity index (χ3v) is 3.43. The standard InChI is InChI=1S/C16H17NO6/c1-21-13-8-10(9-14(22-2)16(13)23-3)15(18)11-6-4-5-7-12(11)17(19)20/h4-9,15,18H,1-3H3. The fourth-order valence-corrected chi connectivity index (χ4v) is 2.32. The van der Waals surface area contributed by atoms with E-state index in [0.717, 1.165) is 0 Å². The summed E-state index contributed by atoms with van der Waals surface area (Å²) in [5.41, 5.74) is 0.425. The van der Waals surface area contributed by atoms with Crippen LogP contribution in [-0.4, -0.2) is 31.4 Å². The molecule has 0 aliphatic rings. The summed E-state index contributed by atoms with van der Waals surface area (Å²) >= 11 is 0. The molecule has 0 bridgehead atoms. The van der Waals surface area contributed by atoms with Crippen LogP contribution in [0.2, 0.25) is 0 Å². The van der Waals surface area contributed by atoms with Gasteiger partial charge in [0.05, 0.1) is 31.8 Å². The minimum atomic E-state index is -1.20. The number of nitrogens with zero attached hydrogens (tertiary/aromatic N) is 1. The predicted molar refractivity (Wildman–Crippen MR) is 83.3 cm³/mol. The maximum atomic E-state index is 11.1. The number of methoxy groups -OCH3 is 3. The highest BCUT2D eigenvalue weighted by atomic mass is 16.6. The van der Waals surface area contributed by atoms with E-state index in [9.17, 15) is 15.2 Å². The Balaban J connectivity index is 2.56. The highest BCUT2D eigenvalue weighted by molar-refractivity contribution is 5.56. The van der Waals surface area contributed by atoms with Gasteiger partial charge < -0.3 is 19.3 Å². The van der Waals surface area contributed by atoms with Crippen LogP contribution in [0.1, 0.15) is 17.2 Å². The van der Waals surface area contributed by atoms with Gasteiger partial charge in [-0.3, -0.25) is 10.1 Å². The Morgan fingerprint density at radius 1 is 1.04 bits per heavy atom. The largest absolute Gasteiger partial charge is 0.493 e. The Kier molecular flexibility index (Phi) is 5.02. The fourth-order valence-electron chi connectivity index (χ4n) is 2.32. The molecule has 1 N–H and O–H groups in total. The van der Waals surface area contributed by atoms with E-state index in [1.165, 1.54) is 33.5 Å². The summed E-state index contributed by atoms with van der Waals surface area (Å²) in [6.07, 6.45) is -1.20. The number of nitro benzene ring substituents is 1. The lowest BCUT2D eigenvalue weighted by molar-refractivity contribution is -0.386. The van der Waals surface area contributed by atoms with Crippen LogP contribution in [0.5, 0.6) is 17.2 Å². The second-order valence-electron chi connectivity index (χ2n) is 4.68. The molecule has 0 aliphatic carbocycles. The van der Waals surface area contributed by atoms with E-state index in [-0.39, 0.29) is 11.3 Å². The second kappa shape index (κ2) is 6.97. The molecule has 2 rings (SSSR count). The van der Waals surface area contributed by atoms with Gasteiger partial charge in [-0.05, 0) is 23.8 Å². The number of rotatable bonds is 6. The van der Waals surface area contributed by atoms with E-state index in [1.807, 2.05) is 0 Å². The minimum Gasteiger partial charge on any atom is -0.493 e. The number of para-hydroxylation sites is 1. The molecule has 1 unspecified atom stereocenters. The molecule has 0 amide bonds. The molecule has 0 radical (unpaired) electrons. The van der Waals surface area contributed by atoms with Gasteiger partial charge in [-0.2, -0.15) is 0 Å². The first-order valence-electron chi connectivity index (χ1n) is 6.74. The molecule has 0 heterocycles. The van der Waals surface area contributed by atoms with E-state index in [0.29, 0.717) is 22.8 Å². The van der Waals surface area contributed by atoms with Crippen LogP contribution in [0.15, 0.2) is 36.4 Å². The SMILES string of the molecule is COc1cc(C(O)c2ccccc2[N+](=O)[O-])cc(OC)c1OC. The summed E-state index contributed by atoms with van der Waals surface area (Å²) in [5.74, 6) is 1.10. The van der Waals surface area contributed by atoms with Gasteiger partial charge in [0.15, 0.2) is 11.5 Å². The number of ether oxygens (including phenoxy) is 3. The van der Waals surface area contributed by atoms with Gasteiger partial charge in [0.25, 0.3) is 5.69 Å². The van der Waals surface area contributed by atoms with Crippen LogP contribution in [-0.2, 0) is 0 Å². The van der Waals surface area contributed by atoms with E-state index in [2.05, 4.69) is 0 Å². The van der Waals surface area contributed by atoms with E-state index in [4.69, 9.17) is 14.2 Å². The normalized spacial score (nSPS) is 11.7. The number of benzene rings is 2. The molecule has 0 aliphatic heterocycles. The average Bonchev–Trinajstić information content (AvgIpc) is 2.59. The Hall–Kier alpha value is -2.80. The van der Waals surface area contributed by atoms with Crippen molar-refractivity contribution in [2.45, 2.75) is 6.10 Å². The predicted octanol–water partition coefficient (Wildman–Crippen LogP) is 2.70. The van der Waals surface area contributed by atoms with Crippen LogP contribution in [0.25, 0.3) is 0 Å². The molecule has 0 saturated carbocycles. The summed E-state index contributed by atoms with van der Waals surface area (Å²) in [4.78, 5) is 10.6. The van der Waals surface area contributed by atoms with Crippen molar-refractivity contribution in [3.63, 3.8) is 0 Å². The van der Waals surface area contributed by atoms with Crippen molar-refractivity contribution in [2.75, 3.05) is 21.3 Å². The number of hydrogen-bond donors (Lipinski definition) is 1. The molecule has 0 saturated heterocycles. The highest BCUT2D eigenvalue weighted by Gasteiger charge is 2.24. The lowest BCUT2D eigenvalue weighted by Crippen LogP contribution is -2.05. The Morgan fingerprint density at radius 3 is 2.09 bits per heavy atom. The highest BCUT2D eigenvalue weighted by Crippen LogP contribution is 2.41. The Labute approximate surface area is 133 Å². The lowest BCUT2D eigenvalue weighted by Gasteiger charge is -2.17. The van der Waals surface area contributed by atoms with Gasteiger partial charge in [-0.1, -0.05) is 12.1 Å². The van der Waals surface area contributed by atoms with Crippen molar-refractivity contribution >= 4 is 5.69 Å². The molecule has 2 aromatic rings. The van der Waals surface area contributed by atoms with E-state index < -0.39 is 11.0 Å². The zero-order valence-electron chi connectivity index (χ0n) is 13.0. The van der Waals surface area contributed by atoms with Crippen molar-refractivity contribution in [3.8, 4) is 17.2 Å². The van der Waals surface area contributed by atoms with Crippen molar-refractivity contribution < 1.29 is 24.2 Å². The molecule has 0 aromatic heterocycles. The van der Waals surface area contributed by atoms with Crippen molar-refractivity contribution in [3.05, 3.63) is 57.6 Å². The number of aliphatic hydroxyl groups excluding tert-OH is 1. The second-order valence-corrected chi connectivity index (χ2v) is 4.68. The van der Waals surface area contributed by atoms with E-state index in [1.54, 1.807) is 24.3 Å². The van der Waals surface area contributed by atoms with Crippen LogP contribution >= 0.6 is 0 Å². The zero-order valence-corrected chi connectivity index (χ0v) is 13.0. The topological polar surface area (TPSA) is 91.1 Å². The van der Waals surface area contributed by atoms with Crippen molar-refractivity contribution in [1.82, 2.24) is 0 Å². The summed E-state index contributed by atoms with van der Waals surface area (Å²) in [5, 5.41) is 21.7. The molecular weight excluding hydrogens is 302 g/mol. The van der Waals surface area contributed by atoms with Gasteiger partial charge in [-0.25, -0.2) is 0 Å². The summed E-state index contributed by atoms with van der Waals surface area (Å²) in [7, 11) is 4.38. The summed E-state index contributed by atoms with van der Waals surface area (Å²) < 4.78 is 15.7. The molecule has 2 aromatic carbocycles. The molecule has 0 spiro atoms. The molecule has 1 atom stereocenters. The van der Waals surface area contributed by atoms with Gasteiger partial charge in [-0.15, -0.1) is 0 Å². The molecule has 122 valence electrons. The first kappa shape index (κ1) is 16.6. The third-order valence-electron chi connectivity index (χ3n) is 3.43. The third kappa shape index (κ3) is 3.19. The van der Waals surface area contributed by atoms with Gasteiger partial charge in [0.2, 0.25) is 5.75 Å². The summed E-state index contributed by atoms with van der Waals surface area (Å²) in [6.45, 7) is 0. The maximum absolute atomic E-state index is 11.1. The molecular formula is C16H17NO6. The first-order chi connectivity index (χ1) is 11.0.